The lowest BCUT2D eigenvalue weighted by molar-refractivity contribution is 0.0938. The number of halogens is 1. The molecule has 1 atom stereocenters. The van der Waals surface area contributed by atoms with Crippen LogP contribution in [0.4, 0.5) is 4.39 Å². The smallest absolute Gasteiger partial charge is 0.257 e. The number of hydrogen-bond acceptors (Lipinski definition) is 4. The summed E-state index contributed by atoms with van der Waals surface area (Å²) in [6, 6.07) is 8.86. The highest BCUT2D eigenvalue weighted by Gasteiger charge is 2.18. The highest BCUT2D eigenvalue weighted by molar-refractivity contribution is 5.97. The molecule has 3 aromatic rings. The van der Waals surface area contributed by atoms with Crippen molar-refractivity contribution >= 4 is 16.8 Å². The second-order valence-corrected chi connectivity index (χ2v) is 6.45. The van der Waals surface area contributed by atoms with E-state index in [-0.39, 0.29) is 17.0 Å². The molecular weight excluding hydrogens is 363 g/mol. The fourth-order valence-electron chi connectivity index (χ4n) is 3.11. The molecule has 0 fully saturated rings. The van der Waals surface area contributed by atoms with Crippen LogP contribution in [-0.4, -0.2) is 24.7 Å². The standard InChI is InChI=1S/C21H21FN2O4/c1-12(13-5-8-18(27-3)19(9-13)28-4)23-21(26)16-11-24(2)17-7-6-14(22)10-15(17)20(16)25/h5-12H,1-4H3,(H,23,26)/t12-/m1/s1. The van der Waals surface area contributed by atoms with Gasteiger partial charge >= 0.3 is 0 Å². The van der Waals surface area contributed by atoms with Gasteiger partial charge in [-0.15, -0.1) is 0 Å². The molecular formula is C21H21FN2O4. The minimum atomic E-state index is -0.533. The van der Waals surface area contributed by atoms with Crippen LogP contribution in [0.5, 0.6) is 11.5 Å². The molecule has 3 rings (SSSR count). The van der Waals surface area contributed by atoms with Crippen LogP contribution in [0.15, 0.2) is 47.4 Å². The summed E-state index contributed by atoms with van der Waals surface area (Å²) in [5.41, 5.74) is 0.781. The molecule has 0 radical (unpaired) electrons. The van der Waals surface area contributed by atoms with Crippen LogP contribution in [0.1, 0.15) is 28.9 Å². The van der Waals surface area contributed by atoms with Gasteiger partial charge in [0, 0.05) is 18.6 Å². The van der Waals surface area contributed by atoms with Crippen molar-refractivity contribution in [2.24, 2.45) is 7.05 Å². The van der Waals surface area contributed by atoms with Gasteiger partial charge in [0.15, 0.2) is 11.5 Å². The number of benzene rings is 2. The van der Waals surface area contributed by atoms with Gasteiger partial charge < -0.3 is 19.4 Å². The molecule has 28 heavy (non-hydrogen) atoms. The van der Waals surface area contributed by atoms with Crippen LogP contribution in [0, 0.1) is 5.82 Å². The Labute approximate surface area is 161 Å². The van der Waals surface area contributed by atoms with Crippen LogP contribution < -0.4 is 20.2 Å². The lowest BCUT2D eigenvalue weighted by atomic mass is 10.1. The van der Waals surface area contributed by atoms with Crippen LogP contribution in [-0.2, 0) is 7.05 Å². The molecule has 0 aliphatic carbocycles. The van der Waals surface area contributed by atoms with E-state index in [9.17, 15) is 14.0 Å². The number of pyridine rings is 1. The Balaban J connectivity index is 1.93. The zero-order chi connectivity index (χ0) is 20.4. The van der Waals surface area contributed by atoms with Gasteiger partial charge in [0.1, 0.15) is 11.4 Å². The van der Waals surface area contributed by atoms with Gasteiger partial charge in [-0.2, -0.15) is 0 Å². The predicted molar refractivity (Wildman–Crippen MR) is 105 cm³/mol. The Morgan fingerprint density at radius 1 is 1.11 bits per heavy atom. The monoisotopic (exact) mass is 384 g/mol. The number of carbonyl (C=O) groups is 1. The number of aryl methyl sites for hydroxylation is 1. The van der Waals surface area contributed by atoms with Crippen molar-refractivity contribution < 1.29 is 18.7 Å². The second-order valence-electron chi connectivity index (χ2n) is 6.45. The molecule has 0 unspecified atom stereocenters. The Hall–Kier alpha value is -3.35. The Morgan fingerprint density at radius 3 is 2.50 bits per heavy atom. The highest BCUT2D eigenvalue weighted by atomic mass is 19.1. The van der Waals surface area contributed by atoms with E-state index >= 15 is 0 Å². The number of ether oxygens (including phenoxy) is 2. The van der Waals surface area contributed by atoms with E-state index < -0.39 is 17.2 Å². The predicted octanol–water partition coefficient (Wildman–Crippen LogP) is 3.19. The van der Waals surface area contributed by atoms with Crippen LogP contribution in [0.25, 0.3) is 10.9 Å². The Morgan fingerprint density at radius 2 is 1.82 bits per heavy atom. The van der Waals surface area contributed by atoms with Crippen LogP contribution in [0.2, 0.25) is 0 Å². The number of aromatic nitrogens is 1. The van der Waals surface area contributed by atoms with Gasteiger partial charge in [-0.05, 0) is 42.8 Å². The summed E-state index contributed by atoms with van der Waals surface area (Å²) in [7, 11) is 4.78. The van der Waals surface area contributed by atoms with Crippen LogP contribution >= 0.6 is 0 Å². The van der Waals surface area contributed by atoms with Gasteiger partial charge in [0.05, 0.1) is 25.8 Å². The lowest BCUT2D eigenvalue weighted by Gasteiger charge is -2.17. The molecule has 1 amide bonds. The summed E-state index contributed by atoms with van der Waals surface area (Å²) in [5, 5.41) is 2.97. The van der Waals surface area contributed by atoms with Crippen molar-refractivity contribution in [3.05, 3.63) is 69.8 Å². The maximum absolute atomic E-state index is 13.6. The van der Waals surface area contributed by atoms with E-state index in [0.29, 0.717) is 17.0 Å². The van der Waals surface area contributed by atoms with Gasteiger partial charge in [-0.3, -0.25) is 9.59 Å². The molecule has 0 saturated carbocycles. The Bertz CT molecular complexity index is 1110. The largest absolute Gasteiger partial charge is 0.493 e. The maximum atomic E-state index is 13.6. The van der Waals surface area contributed by atoms with E-state index in [1.807, 2.05) is 0 Å². The fraction of sp³-hybridized carbons (Fsp3) is 0.238. The van der Waals surface area contributed by atoms with E-state index in [2.05, 4.69) is 5.32 Å². The van der Waals surface area contributed by atoms with Crippen molar-refractivity contribution in [3.8, 4) is 11.5 Å². The summed E-state index contributed by atoms with van der Waals surface area (Å²) < 4.78 is 25.7. The number of nitrogens with one attached hydrogen (secondary N) is 1. The topological polar surface area (TPSA) is 69.6 Å². The molecule has 0 aliphatic rings. The minimum absolute atomic E-state index is 0.0482. The number of amides is 1. The molecule has 1 aromatic heterocycles. The quantitative estimate of drug-likeness (QED) is 0.734. The normalized spacial score (nSPS) is 11.9. The molecule has 2 aromatic carbocycles. The lowest BCUT2D eigenvalue weighted by Crippen LogP contribution is -2.31. The maximum Gasteiger partial charge on any atom is 0.257 e. The first-order valence-electron chi connectivity index (χ1n) is 8.67. The first kappa shape index (κ1) is 19.4. The fourth-order valence-corrected chi connectivity index (χ4v) is 3.11. The third-order valence-electron chi connectivity index (χ3n) is 4.65. The molecule has 0 aliphatic heterocycles. The summed E-state index contributed by atoms with van der Waals surface area (Å²) in [6.45, 7) is 1.80. The molecule has 0 bridgehead atoms. The SMILES string of the molecule is COc1ccc([C@@H](C)NC(=O)c2cn(C)c3ccc(F)cc3c2=O)cc1OC. The zero-order valence-electron chi connectivity index (χ0n) is 16.1. The third kappa shape index (κ3) is 3.55. The molecule has 146 valence electrons. The molecule has 6 nitrogen and oxygen atoms in total. The van der Waals surface area contributed by atoms with Gasteiger partial charge in [0.2, 0.25) is 5.43 Å². The van der Waals surface area contributed by atoms with E-state index in [1.165, 1.54) is 25.4 Å². The van der Waals surface area contributed by atoms with Crippen molar-refractivity contribution in [3.63, 3.8) is 0 Å². The van der Waals surface area contributed by atoms with E-state index in [1.54, 1.807) is 43.8 Å². The average Bonchev–Trinajstić information content (AvgIpc) is 2.69. The molecule has 7 heteroatoms. The first-order valence-corrected chi connectivity index (χ1v) is 8.67. The summed E-state index contributed by atoms with van der Waals surface area (Å²) in [5.74, 6) is 0.0586. The van der Waals surface area contributed by atoms with E-state index in [4.69, 9.17) is 9.47 Å². The number of hydrogen-bond donors (Lipinski definition) is 1. The molecule has 0 saturated heterocycles. The molecule has 0 spiro atoms. The van der Waals surface area contributed by atoms with Gasteiger partial charge in [0.25, 0.3) is 5.91 Å². The first-order chi connectivity index (χ1) is 13.3. The number of carbonyl (C=O) groups excluding carboxylic acids is 1. The second kappa shape index (κ2) is 7.72. The molecule has 1 heterocycles. The summed E-state index contributed by atoms with van der Waals surface area (Å²) >= 11 is 0. The van der Waals surface area contributed by atoms with Crippen molar-refractivity contribution in [2.75, 3.05) is 14.2 Å². The minimum Gasteiger partial charge on any atom is -0.493 e. The van der Waals surface area contributed by atoms with E-state index in [0.717, 1.165) is 11.6 Å². The summed E-state index contributed by atoms with van der Waals surface area (Å²) in [4.78, 5) is 25.4. The van der Waals surface area contributed by atoms with Crippen LogP contribution in [0.3, 0.4) is 0 Å². The van der Waals surface area contributed by atoms with Crippen molar-refractivity contribution in [2.45, 2.75) is 13.0 Å². The summed E-state index contributed by atoms with van der Waals surface area (Å²) in [6.07, 6.45) is 1.46. The van der Waals surface area contributed by atoms with Gasteiger partial charge in [-0.1, -0.05) is 6.07 Å². The third-order valence-corrected chi connectivity index (χ3v) is 4.65. The number of methoxy groups -OCH3 is 2. The number of nitrogens with zero attached hydrogens (tertiary/aromatic N) is 1. The Kier molecular flexibility index (Phi) is 5.35. The zero-order valence-corrected chi connectivity index (χ0v) is 16.1. The highest BCUT2D eigenvalue weighted by Crippen LogP contribution is 2.30. The van der Waals surface area contributed by atoms with Gasteiger partial charge in [-0.25, -0.2) is 4.39 Å². The molecule has 1 N–H and O–H groups in total. The number of fused-ring (bicyclic) bond motifs is 1. The number of rotatable bonds is 5. The average molecular weight is 384 g/mol. The van der Waals surface area contributed by atoms with Crippen molar-refractivity contribution in [1.29, 1.82) is 0 Å². The van der Waals surface area contributed by atoms with Crippen molar-refractivity contribution in [1.82, 2.24) is 9.88 Å².